The molecule has 1 aromatic heterocycles. The fourth-order valence-corrected chi connectivity index (χ4v) is 4.70. The number of hydrogen-bond acceptors (Lipinski definition) is 1. The van der Waals surface area contributed by atoms with Crippen LogP contribution in [0.4, 0.5) is 0 Å². The molecule has 25 heavy (non-hydrogen) atoms. The van der Waals surface area contributed by atoms with Crippen molar-refractivity contribution in [2.24, 2.45) is 17.8 Å². The van der Waals surface area contributed by atoms with Crippen LogP contribution >= 0.6 is 0 Å². The van der Waals surface area contributed by atoms with Crippen molar-refractivity contribution in [2.75, 3.05) is 0 Å². The SMILES string of the molecule is CC[C@H](C)NC(=O)C[C@@H]1C=C2c3cccc4[nH]cc(c34)C[C@H]2C(C)C1. The van der Waals surface area contributed by atoms with Crippen LogP contribution in [0.15, 0.2) is 30.5 Å². The van der Waals surface area contributed by atoms with Crippen LogP contribution in [0.3, 0.4) is 0 Å². The maximum absolute atomic E-state index is 12.3. The second-order valence-electron chi connectivity index (χ2n) is 8.03. The van der Waals surface area contributed by atoms with Crippen LogP contribution < -0.4 is 5.32 Å². The normalized spacial score (nSPS) is 26.0. The van der Waals surface area contributed by atoms with Crippen LogP contribution in [0.2, 0.25) is 0 Å². The highest BCUT2D eigenvalue weighted by molar-refractivity contribution is 5.97. The Bertz CT molecular complexity index is 832. The predicted octanol–water partition coefficient (Wildman–Crippen LogP) is 4.68. The number of allylic oxidation sites excluding steroid dienone is 2. The van der Waals surface area contributed by atoms with Gasteiger partial charge in [-0.1, -0.05) is 32.1 Å². The third-order valence-electron chi connectivity index (χ3n) is 6.18. The summed E-state index contributed by atoms with van der Waals surface area (Å²) in [5.41, 5.74) is 5.53. The molecule has 0 saturated carbocycles. The highest BCUT2D eigenvalue weighted by Crippen LogP contribution is 2.47. The van der Waals surface area contributed by atoms with Crippen molar-refractivity contribution in [3.05, 3.63) is 41.6 Å². The lowest BCUT2D eigenvalue weighted by Gasteiger charge is -2.37. The van der Waals surface area contributed by atoms with Crippen molar-refractivity contribution in [2.45, 2.75) is 52.5 Å². The number of aromatic amines is 1. The van der Waals surface area contributed by atoms with Crippen molar-refractivity contribution in [3.63, 3.8) is 0 Å². The van der Waals surface area contributed by atoms with E-state index in [0.717, 1.165) is 19.3 Å². The number of hydrogen-bond donors (Lipinski definition) is 2. The summed E-state index contributed by atoms with van der Waals surface area (Å²) >= 11 is 0. The molecule has 0 spiro atoms. The summed E-state index contributed by atoms with van der Waals surface area (Å²) < 4.78 is 0. The van der Waals surface area contributed by atoms with Gasteiger partial charge in [-0.15, -0.1) is 0 Å². The molecular weight excluding hydrogens is 308 g/mol. The molecule has 2 N–H and O–H groups in total. The summed E-state index contributed by atoms with van der Waals surface area (Å²) in [4.78, 5) is 15.8. The lowest BCUT2D eigenvalue weighted by Crippen LogP contribution is -2.34. The van der Waals surface area contributed by atoms with Crippen LogP contribution in [0, 0.1) is 17.8 Å². The Morgan fingerprint density at radius 2 is 2.24 bits per heavy atom. The zero-order chi connectivity index (χ0) is 17.6. The molecule has 2 aliphatic rings. The first-order valence-corrected chi connectivity index (χ1v) is 9.67. The molecule has 0 aliphatic heterocycles. The molecule has 1 heterocycles. The lowest BCUT2D eigenvalue weighted by atomic mass is 9.67. The molecule has 0 saturated heterocycles. The first kappa shape index (κ1) is 16.4. The predicted molar refractivity (Wildman–Crippen MR) is 103 cm³/mol. The van der Waals surface area contributed by atoms with E-state index in [-0.39, 0.29) is 11.9 Å². The molecule has 1 aromatic carbocycles. The monoisotopic (exact) mass is 336 g/mol. The van der Waals surface area contributed by atoms with Crippen LogP contribution in [0.25, 0.3) is 16.5 Å². The Kier molecular flexibility index (Phi) is 4.18. The van der Waals surface area contributed by atoms with E-state index in [1.807, 2.05) is 0 Å². The summed E-state index contributed by atoms with van der Waals surface area (Å²) in [5.74, 6) is 1.74. The minimum atomic E-state index is 0.193. The maximum atomic E-state index is 12.3. The number of amides is 1. The van der Waals surface area contributed by atoms with Gasteiger partial charge in [0.15, 0.2) is 0 Å². The molecule has 4 atom stereocenters. The van der Waals surface area contributed by atoms with Crippen LogP contribution in [0.1, 0.15) is 51.2 Å². The molecule has 4 rings (SSSR count). The number of H-pyrrole nitrogens is 1. The highest BCUT2D eigenvalue weighted by atomic mass is 16.1. The van der Waals surface area contributed by atoms with E-state index in [1.165, 1.54) is 27.6 Å². The Labute approximate surface area is 149 Å². The topological polar surface area (TPSA) is 44.9 Å². The second kappa shape index (κ2) is 6.36. The second-order valence-corrected chi connectivity index (χ2v) is 8.03. The van der Waals surface area contributed by atoms with Gasteiger partial charge in [-0.25, -0.2) is 0 Å². The number of benzene rings is 1. The number of nitrogens with one attached hydrogen (secondary N) is 2. The van der Waals surface area contributed by atoms with Gasteiger partial charge in [0.05, 0.1) is 0 Å². The highest BCUT2D eigenvalue weighted by Gasteiger charge is 2.35. The van der Waals surface area contributed by atoms with Crippen molar-refractivity contribution < 1.29 is 4.79 Å². The van der Waals surface area contributed by atoms with Crippen molar-refractivity contribution >= 4 is 22.4 Å². The van der Waals surface area contributed by atoms with Gasteiger partial charge < -0.3 is 10.3 Å². The molecule has 1 unspecified atom stereocenters. The molecule has 3 nitrogen and oxygen atoms in total. The Morgan fingerprint density at radius 3 is 3.04 bits per heavy atom. The molecule has 0 fully saturated rings. The van der Waals surface area contributed by atoms with Gasteiger partial charge in [-0.3, -0.25) is 4.79 Å². The van der Waals surface area contributed by atoms with Crippen molar-refractivity contribution in [1.29, 1.82) is 0 Å². The summed E-state index contributed by atoms with van der Waals surface area (Å²) in [7, 11) is 0. The zero-order valence-corrected chi connectivity index (χ0v) is 15.4. The van der Waals surface area contributed by atoms with E-state index in [1.54, 1.807) is 0 Å². The molecule has 3 heteroatoms. The number of carbonyl (C=O) groups is 1. The molecule has 0 radical (unpaired) electrons. The lowest BCUT2D eigenvalue weighted by molar-refractivity contribution is -0.122. The molecule has 2 aliphatic carbocycles. The third-order valence-corrected chi connectivity index (χ3v) is 6.18. The summed E-state index contributed by atoms with van der Waals surface area (Å²) in [5, 5.41) is 4.51. The van der Waals surface area contributed by atoms with Crippen LogP contribution in [0.5, 0.6) is 0 Å². The van der Waals surface area contributed by atoms with Gasteiger partial charge in [0.2, 0.25) is 5.91 Å². The molecule has 2 aromatic rings. The standard InChI is InChI=1S/C22H28N2O/c1-4-14(3)24-21(25)10-15-8-13(2)18-11-16-12-23-20-7-5-6-17(22(16)20)19(18)9-15/h5-7,9,12-15,18,23H,4,8,10-11H2,1-3H3,(H,24,25)/t13?,14-,15-,18-/m0/s1. The third kappa shape index (κ3) is 2.90. The van der Waals surface area contributed by atoms with Gasteiger partial charge in [0.25, 0.3) is 0 Å². The summed E-state index contributed by atoms with van der Waals surface area (Å²) in [6.45, 7) is 6.54. The minimum Gasteiger partial charge on any atom is -0.361 e. The molecule has 132 valence electrons. The summed E-state index contributed by atoms with van der Waals surface area (Å²) in [6, 6.07) is 6.82. The Balaban J connectivity index is 1.64. The van der Waals surface area contributed by atoms with E-state index in [0.29, 0.717) is 24.2 Å². The molecule has 1 amide bonds. The zero-order valence-electron chi connectivity index (χ0n) is 15.4. The first-order valence-electron chi connectivity index (χ1n) is 9.67. The van der Waals surface area contributed by atoms with Gasteiger partial charge in [0.1, 0.15) is 0 Å². The smallest absolute Gasteiger partial charge is 0.220 e. The molecule has 0 bridgehead atoms. The number of fused-ring (bicyclic) bond motifs is 2. The van der Waals surface area contributed by atoms with Crippen molar-refractivity contribution in [3.8, 4) is 0 Å². The average Bonchev–Trinajstić information content (AvgIpc) is 3.00. The van der Waals surface area contributed by atoms with E-state index in [4.69, 9.17) is 0 Å². The van der Waals surface area contributed by atoms with Crippen LogP contribution in [-0.2, 0) is 11.2 Å². The van der Waals surface area contributed by atoms with Gasteiger partial charge in [-0.05, 0) is 66.7 Å². The van der Waals surface area contributed by atoms with E-state index >= 15 is 0 Å². The Morgan fingerprint density at radius 1 is 1.40 bits per heavy atom. The Hall–Kier alpha value is -2.03. The largest absolute Gasteiger partial charge is 0.361 e. The van der Waals surface area contributed by atoms with Gasteiger partial charge in [-0.2, -0.15) is 0 Å². The van der Waals surface area contributed by atoms with Gasteiger partial charge in [0, 0.05) is 29.6 Å². The van der Waals surface area contributed by atoms with Gasteiger partial charge >= 0.3 is 0 Å². The van der Waals surface area contributed by atoms with E-state index in [2.05, 4.69) is 61.5 Å². The fraction of sp³-hybridized carbons (Fsp3) is 0.500. The number of aromatic nitrogens is 1. The maximum Gasteiger partial charge on any atom is 0.220 e. The number of rotatable bonds is 4. The average molecular weight is 336 g/mol. The quantitative estimate of drug-likeness (QED) is 0.836. The number of carbonyl (C=O) groups excluding carboxylic acids is 1. The molecular formula is C22H28N2O. The van der Waals surface area contributed by atoms with Crippen LogP contribution in [-0.4, -0.2) is 16.9 Å². The first-order chi connectivity index (χ1) is 12.1. The van der Waals surface area contributed by atoms with E-state index < -0.39 is 0 Å². The minimum absolute atomic E-state index is 0.193. The van der Waals surface area contributed by atoms with E-state index in [9.17, 15) is 4.79 Å². The fourth-order valence-electron chi connectivity index (χ4n) is 4.70. The summed E-state index contributed by atoms with van der Waals surface area (Å²) in [6.07, 6.45) is 8.41. The van der Waals surface area contributed by atoms with Crippen molar-refractivity contribution in [1.82, 2.24) is 10.3 Å².